The van der Waals surface area contributed by atoms with Crippen molar-refractivity contribution in [3.8, 4) is 0 Å². The predicted molar refractivity (Wildman–Crippen MR) is 70.9 cm³/mol. The minimum absolute atomic E-state index is 0.113. The summed E-state index contributed by atoms with van der Waals surface area (Å²) in [5, 5.41) is 8.93. The Labute approximate surface area is 114 Å². The van der Waals surface area contributed by atoms with Crippen molar-refractivity contribution in [3.05, 3.63) is 0 Å². The normalized spacial score (nSPS) is 24.1. The lowest BCUT2D eigenvalue weighted by molar-refractivity contribution is -0.142. The van der Waals surface area contributed by atoms with E-state index < -0.39 is 22.1 Å². The first-order chi connectivity index (χ1) is 8.93. The Morgan fingerprint density at radius 1 is 1.16 bits per heavy atom. The molecule has 2 aliphatic rings. The Morgan fingerprint density at radius 3 is 2.16 bits per heavy atom. The van der Waals surface area contributed by atoms with Gasteiger partial charge in [0.15, 0.2) is 0 Å². The van der Waals surface area contributed by atoms with Crippen molar-refractivity contribution in [1.29, 1.82) is 0 Å². The van der Waals surface area contributed by atoms with Crippen LogP contribution in [-0.4, -0.2) is 54.3 Å². The van der Waals surface area contributed by atoms with E-state index >= 15 is 0 Å². The standard InChI is InChI=1S/C12H22N2O4S/c1-13(11-4-2-3-5-11)19(17,18)14-8-6-10(7-9-14)12(15)16/h10-11H,2-9H2,1H3,(H,15,16). The van der Waals surface area contributed by atoms with Crippen molar-refractivity contribution in [2.24, 2.45) is 5.92 Å². The van der Waals surface area contributed by atoms with E-state index in [1.54, 1.807) is 7.05 Å². The van der Waals surface area contributed by atoms with Crippen LogP contribution in [-0.2, 0) is 15.0 Å². The van der Waals surface area contributed by atoms with Gasteiger partial charge in [0.25, 0.3) is 10.2 Å². The number of aliphatic carboxylic acids is 1. The summed E-state index contributed by atoms with van der Waals surface area (Å²) in [6.45, 7) is 0.632. The zero-order chi connectivity index (χ0) is 14.0. The molecule has 1 aliphatic carbocycles. The van der Waals surface area contributed by atoms with Crippen LogP contribution in [0, 0.1) is 5.92 Å². The van der Waals surface area contributed by atoms with Crippen LogP contribution < -0.4 is 0 Å². The van der Waals surface area contributed by atoms with Gasteiger partial charge >= 0.3 is 5.97 Å². The number of carboxylic acid groups (broad SMARTS) is 1. The fraction of sp³-hybridized carbons (Fsp3) is 0.917. The maximum absolute atomic E-state index is 12.5. The van der Waals surface area contributed by atoms with Crippen LogP contribution in [0.25, 0.3) is 0 Å². The van der Waals surface area contributed by atoms with Crippen LogP contribution in [0.3, 0.4) is 0 Å². The summed E-state index contributed by atoms with van der Waals surface area (Å²) < 4.78 is 27.8. The molecular formula is C12H22N2O4S. The van der Waals surface area contributed by atoms with Crippen LogP contribution in [0.5, 0.6) is 0 Å². The lowest BCUT2D eigenvalue weighted by atomic mass is 9.99. The Bertz CT molecular complexity index is 423. The molecule has 0 aromatic heterocycles. The molecule has 2 fully saturated rings. The third kappa shape index (κ3) is 3.09. The van der Waals surface area contributed by atoms with Crippen LogP contribution in [0.15, 0.2) is 0 Å². The molecule has 0 spiro atoms. The third-order valence-corrected chi connectivity index (χ3v) is 6.38. The second-order valence-corrected chi connectivity index (χ2v) is 7.46. The van der Waals surface area contributed by atoms with Crippen LogP contribution in [0.1, 0.15) is 38.5 Å². The molecule has 1 aliphatic heterocycles. The quantitative estimate of drug-likeness (QED) is 0.834. The van der Waals surface area contributed by atoms with E-state index in [1.807, 2.05) is 0 Å². The largest absolute Gasteiger partial charge is 0.481 e. The van der Waals surface area contributed by atoms with Gasteiger partial charge in [-0.15, -0.1) is 0 Å². The van der Waals surface area contributed by atoms with Gasteiger partial charge in [-0.25, -0.2) is 0 Å². The fourth-order valence-electron chi connectivity index (χ4n) is 2.97. The maximum atomic E-state index is 12.5. The molecular weight excluding hydrogens is 268 g/mol. The van der Waals surface area contributed by atoms with E-state index in [9.17, 15) is 13.2 Å². The fourth-order valence-corrected chi connectivity index (χ4v) is 4.60. The molecule has 0 bridgehead atoms. The minimum atomic E-state index is -3.42. The number of carboxylic acids is 1. The molecule has 19 heavy (non-hydrogen) atoms. The molecule has 2 rings (SSSR count). The highest BCUT2D eigenvalue weighted by atomic mass is 32.2. The van der Waals surface area contributed by atoms with Crippen molar-refractivity contribution in [2.45, 2.75) is 44.6 Å². The molecule has 1 saturated carbocycles. The molecule has 0 amide bonds. The zero-order valence-electron chi connectivity index (χ0n) is 11.3. The molecule has 6 nitrogen and oxygen atoms in total. The molecule has 0 atom stereocenters. The number of rotatable bonds is 4. The average molecular weight is 290 g/mol. The lowest BCUT2D eigenvalue weighted by Crippen LogP contribution is -2.49. The van der Waals surface area contributed by atoms with Gasteiger partial charge in [0.1, 0.15) is 0 Å². The number of piperidine rings is 1. The molecule has 0 unspecified atom stereocenters. The highest BCUT2D eigenvalue weighted by Gasteiger charge is 2.36. The van der Waals surface area contributed by atoms with E-state index in [0.717, 1.165) is 25.7 Å². The summed E-state index contributed by atoms with van der Waals surface area (Å²) in [6, 6.07) is 0.113. The zero-order valence-corrected chi connectivity index (χ0v) is 12.1. The van der Waals surface area contributed by atoms with Gasteiger partial charge in [-0.05, 0) is 25.7 Å². The summed E-state index contributed by atoms with van der Waals surface area (Å²) in [4.78, 5) is 10.9. The van der Waals surface area contributed by atoms with E-state index in [-0.39, 0.29) is 6.04 Å². The van der Waals surface area contributed by atoms with Gasteiger partial charge in [0, 0.05) is 26.2 Å². The summed E-state index contributed by atoms with van der Waals surface area (Å²) >= 11 is 0. The monoisotopic (exact) mass is 290 g/mol. The van der Waals surface area contributed by atoms with E-state index in [2.05, 4.69) is 0 Å². The van der Waals surface area contributed by atoms with Crippen molar-refractivity contribution in [3.63, 3.8) is 0 Å². The van der Waals surface area contributed by atoms with Gasteiger partial charge in [0.05, 0.1) is 5.92 Å². The molecule has 1 N–H and O–H groups in total. The number of nitrogens with zero attached hydrogens (tertiary/aromatic N) is 2. The van der Waals surface area contributed by atoms with Crippen LogP contribution in [0.4, 0.5) is 0 Å². The smallest absolute Gasteiger partial charge is 0.306 e. The van der Waals surface area contributed by atoms with E-state index in [0.29, 0.717) is 25.9 Å². The second-order valence-electron chi connectivity index (χ2n) is 5.47. The second kappa shape index (κ2) is 5.76. The van der Waals surface area contributed by atoms with Gasteiger partial charge in [-0.1, -0.05) is 12.8 Å². The highest BCUT2D eigenvalue weighted by Crippen LogP contribution is 2.27. The lowest BCUT2D eigenvalue weighted by Gasteiger charge is -2.34. The SMILES string of the molecule is CN(C1CCCC1)S(=O)(=O)N1CCC(C(=O)O)CC1. The Balaban J connectivity index is 1.98. The highest BCUT2D eigenvalue weighted by molar-refractivity contribution is 7.86. The molecule has 110 valence electrons. The van der Waals surface area contributed by atoms with Crippen LogP contribution in [0.2, 0.25) is 0 Å². The Hall–Kier alpha value is -0.660. The molecule has 0 aromatic rings. The van der Waals surface area contributed by atoms with Crippen LogP contribution >= 0.6 is 0 Å². The summed E-state index contributed by atoms with van der Waals surface area (Å²) in [7, 11) is -1.77. The number of hydrogen-bond donors (Lipinski definition) is 1. The summed E-state index contributed by atoms with van der Waals surface area (Å²) in [6.07, 6.45) is 4.86. The first-order valence-electron chi connectivity index (χ1n) is 6.89. The van der Waals surface area contributed by atoms with E-state index in [4.69, 9.17) is 5.11 Å². The first kappa shape index (κ1) is 14.7. The Morgan fingerprint density at radius 2 is 1.68 bits per heavy atom. The number of carbonyl (C=O) groups is 1. The van der Waals surface area contributed by atoms with Gasteiger partial charge in [-0.3, -0.25) is 4.79 Å². The molecule has 1 heterocycles. The molecule has 0 radical (unpaired) electrons. The number of hydrogen-bond acceptors (Lipinski definition) is 3. The van der Waals surface area contributed by atoms with Gasteiger partial charge < -0.3 is 5.11 Å². The van der Waals surface area contributed by atoms with Crippen molar-refractivity contribution < 1.29 is 18.3 Å². The average Bonchev–Trinajstić information content (AvgIpc) is 2.91. The summed E-state index contributed by atoms with van der Waals surface area (Å²) in [5.74, 6) is -1.22. The summed E-state index contributed by atoms with van der Waals surface area (Å²) in [5.41, 5.74) is 0. The first-order valence-corrected chi connectivity index (χ1v) is 8.28. The molecule has 7 heteroatoms. The van der Waals surface area contributed by atoms with Gasteiger partial charge in [0.2, 0.25) is 0 Å². The van der Waals surface area contributed by atoms with E-state index in [1.165, 1.54) is 8.61 Å². The third-order valence-electron chi connectivity index (χ3n) is 4.33. The molecule has 1 saturated heterocycles. The Kier molecular flexibility index (Phi) is 4.47. The minimum Gasteiger partial charge on any atom is -0.481 e. The van der Waals surface area contributed by atoms with Crippen molar-refractivity contribution in [2.75, 3.05) is 20.1 Å². The van der Waals surface area contributed by atoms with Crippen molar-refractivity contribution >= 4 is 16.2 Å². The van der Waals surface area contributed by atoms with Crippen molar-refractivity contribution in [1.82, 2.24) is 8.61 Å². The molecule has 0 aromatic carbocycles. The maximum Gasteiger partial charge on any atom is 0.306 e. The predicted octanol–water partition coefficient (Wildman–Crippen LogP) is 0.902. The van der Waals surface area contributed by atoms with Gasteiger partial charge in [-0.2, -0.15) is 17.0 Å². The topological polar surface area (TPSA) is 77.9 Å².